The molecule has 0 aliphatic carbocycles. The largest absolute Gasteiger partial charge is 0.491 e. The van der Waals surface area contributed by atoms with Gasteiger partial charge in [0.1, 0.15) is 10.9 Å². The van der Waals surface area contributed by atoms with Gasteiger partial charge < -0.3 is 10.1 Å². The van der Waals surface area contributed by atoms with Gasteiger partial charge in [-0.3, -0.25) is 0 Å². The fourth-order valence-electron chi connectivity index (χ4n) is 1.76. The second kappa shape index (κ2) is 5.93. The summed E-state index contributed by atoms with van der Waals surface area (Å²) in [5.41, 5.74) is 3.06. The molecule has 1 N–H and O–H groups in total. The molecule has 2 rings (SSSR count). The maximum atomic E-state index is 5.86. The minimum Gasteiger partial charge on any atom is -0.491 e. The van der Waals surface area contributed by atoms with Crippen LogP contribution in [0.5, 0.6) is 5.75 Å². The van der Waals surface area contributed by atoms with E-state index in [-0.39, 0.29) is 6.10 Å². The molecule has 0 bridgehead atoms. The van der Waals surface area contributed by atoms with Gasteiger partial charge in [0.05, 0.1) is 6.10 Å². The first-order valence-electron chi connectivity index (χ1n) is 6.20. The Kier molecular flexibility index (Phi) is 4.27. The van der Waals surface area contributed by atoms with Crippen LogP contribution in [0.2, 0.25) is 5.15 Å². The summed E-state index contributed by atoms with van der Waals surface area (Å²) >= 11 is 5.86. The maximum Gasteiger partial charge on any atom is 0.131 e. The number of nitrogens with zero attached hydrogens (tertiary/aromatic N) is 1. The van der Waals surface area contributed by atoms with Crippen molar-refractivity contribution in [2.75, 3.05) is 5.32 Å². The average Bonchev–Trinajstić information content (AvgIpc) is 2.32. The molecule has 0 radical (unpaired) electrons. The third-order valence-corrected chi connectivity index (χ3v) is 2.78. The standard InChI is InChI=1S/C15H17ClN2O/c1-10(2)19-13-4-5-14(11(3)8-13)18-12-6-7-17-15(16)9-12/h4-10H,1-3H3,(H,17,18). The van der Waals surface area contributed by atoms with Gasteiger partial charge in [-0.25, -0.2) is 4.98 Å². The van der Waals surface area contributed by atoms with Crippen LogP contribution in [0.4, 0.5) is 11.4 Å². The molecule has 0 spiro atoms. The molecule has 0 aliphatic heterocycles. The predicted molar refractivity (Wildman–Crippen MR) is 79.5 cm³/mol. The molecular weight excluding hydrogens is 260 g/mol. The van der Waals surface area contributed by atoms with Crippen molar-refractivity contribution in [3.63, 3.8) is 0 Å². The van der Waals surface area contributed by atoms with Gasteiger partial charge in [-0.1, -0.05) is 11.6 Å². The van der Waals surface area contributed by atoms with E-state index < -0.39 is 0 Å². The molecule has 2 aromatic rings. The lowest BCUT2D eigenvalue weighted by atomic mass is 10.2. The highest BCUT2D eigenvalue weighted by molar-refractivity contribution is 6.29. The minimum atomic E-state index is 0.178. The molecule has 4 heteroatoms. The number of anilines is 2. The van der Waals surface area contributed by atoms with Crippen LogP contribution in [-0.2, 0) is 0 Å². The summed E-state index contributed by atoms with van der Waals surface area (Å²) in [6, 6.07) is 9.65. The van der Waals surface area contributed by atoms with Gasteiger partial charge in [-0.2, -0.15) is 0 Å². The number of rotatable bonds is 4. The Balaban J connectivity index is 2.17. The molecule has 0 aliphatic rings. The summed E-state index contributed by atoms with van der Waals surface area (Å²) in [6.07, 6.45) is 1.85. The highest BCUT2D eigenvalue weighted by atomic mass is 35.5. The summed E-state index contributed by atoms with van der Waals surface area (Å²) < 4.78 is 5.66. The molecule has 0 unspecified atom stereocenters. The smallest absolute Gasteiger partial charge is 0.131 e. The number of hydrogen-bond donors (Lipinski definition) is 1. The Morgan fingerprint density at radius 1 is 1.21 bits per heavy atom. The van der Waals surface area contributed by atoms with E-state index in [9.17, 15) is 0 Å². The van der Waals surface area contributed by atoms with Gasteiger partial charge in [0.2, 0.25) is 0 Å². The first-order chi connectivity index (χ1) is 9.04. The summed E-state index contributed by atoms with van der Waals surface area (Å²) in [5, 5.41) is 3.79. The molecule has 0 amide bonds. The van der Waals surface area contributed by atoms with E-state index in [0.29, 0.717) is 5.15 Å². The fraction of sp³-hybridized carbons (Fsp3) is 0.267. The Labute approximate surface area is 118 Å². The molecule has 0 atom stereocenters. The first-order valence-corrected chi connectivity index (χ1v) is 6.58. The number of aryl methyl sites for hydroxylation is 1. The third kappa shape index (κ3) is 3.86. The fourth-order valence-corrected chi connectivity index (χ4v) is 1.93. The Bertz CT molecular complexity index is 570. The normalized spacial score (nSPS) is 10.6. The Hall–Kier alpha value is -1.74. The lowest BCUT2D eigenvalue weighted by Gasteiger charge is -2.14. The van der Waals surface area contributed by atoms with E-state index in [1.165, 1.54) is 0 Å². The lowest BCUT2D eigenvalue weighted by molar-refractivity contribution is 0.242. The average molecular weight is 277 g/mol. The highest BCUT2D eigenvalue weighted by Crippen LogP contribution is 2.25. The second-order valence-electron chi connectivity index (χ2n) is 4.64. The number of benzene rings is 1. The maximum absolute atomic E-state index is 5.86. The SMILES string of the molecule is Cc1cc(OC(C)C)ccc1Nc1ccnc(Cl)c1. The quantitative estimate of drug-likeness (QED) is 0.831. The summed E-state index contributed by atoms with van der Waals surface area (Å²) in [7, 11) is 0. The zero-order valence-corrected chi connectivity index (χ0v) is 12.0. The molecule has 0 fully saturated rings. The van der Waals surface area contributed by atoms with Crippen molar-refractivity contribution in [3.8, 4) is 5.75 Å². The minimum absolute atomic E-state index is 0.178. The highest BCUT2D eigenvalue weighted by Gasteiger charge is 2.03. The summed E-state index contributed by atoms with van der Waals surface area (Å²) in [5.74, 6) is 0.880. The van der Waals surface area contributed by atoms with Crippen molar-refractivity contribution in [2.24, 2.45) is 0 Å². The van der Waals surface area contributed by atoms with Crippen molar-refractivity contribution < 1.29 is 4.74 Å². The van der Waals surface area contributed by atoms with Crippen molar-refractivity contribution in [1.82, 2.24) is 4.98 Å². The zero-order chi connectivity index (χ0) is 13.8. The topological polar surface area (TPSA) is 34.1 Å². The lowest BCUT2D eigenvalue weighted by Crippen LogP contribution is -2.05. The number of pyridine rings is 1. The molecule has 1 aromatic heterocycles. The number of ether oxygens (including phenoxy) is 1. The second-order valence-corrected chi connectivity index (χ2v) is 5.02. The van der Waals surface area contributed by atoms with Crippen LogP contribution in [0, 0.1) is 6.92 Å². The van der Waals surface area contributed by atoms with E-state index in [1.54, 1.807) is 12.3 Å². The molecule has 1 heterocycles. The number of aromatic nitrogens is 1. The third-order valence-electron chi connectivity index (χ3n) is 2.58. The molecule has 1 aromatic carbocycles. The van der Waals surface area contributed by atoms with Crippen LogP contribution < -0.4 is 10.1 Å². The molecule has 0 saturated carbocycles. The van der Waals surface area contributed by atoms with Crippen LogP contribution in [0.1, 0.15) is 19.4 Å². The molecule has 0 saturated heterocycles. The molecule has 19 heavy (non-hydrogen) atoms. The van der Waals surface area contributed by atoms with Crippen molar-refractivity contribution >= 4 is 23.0 Å². The van der Waals surface area contributed by atoms with E-state index in [2.05, 4.69) is 10.3 Å². The van der Waals surface area contributed by atoms with Crippen LogP contribution in [0.25, 0.3) is 0 Å². The summed E-state index contributed by atoms with van der Waals surface area (Å²) in [6.45, 7) is 6.07. The van der Waals surface area contributed by atoms with E-state index in [1.807, 2.05) is 45.0 Å². The van der Waals surface area contributed by atoms with Gasteiger partial charge in [0.25, 0.3) is 0 Å². The Morgan fingerprint density at radius 2 is 2.00 bits per heavy atom. The molecule has 3 nitrogen and oxygen atoms in total. The number of hydrogen-bond acceptors (Lipinski definition) is 3. The predicted octanol–water partition coefficient (Wildman–Crippen LogP) is 4.57. The number of halogens is 1. The van der Waals surface area contributed by atoms with Crippen molar-refractivity contribution in [1.29, 1.82) is 0 Å². The van der Waals surface area contributed by atoms with E-state index in [4.69, 9.17) is 16.3 Å². The summed E-state index contributed by atoms with van der Waals surface area (Å²) in [4.78, 5) is 3.96. The number of nitrogens with one attached hydrogen (secondary N) is 1. The van der Waals surface area contributed by atoms with Crippen LogP contribution >= 0.6 is 11.6 Å². The van der Waals surface area contributed by atoms with Gasteiger partial charge in [-0.05, 0) is 56.7 Å². The van der Waals surface area contributed by atoms with Crippen LogP contribution in [0.3, 0.4) is 0 Å². The monoisotopic (exact) mass is 276 g/mol. The van der Waals surface area contributed by atoms with Crippen molar-refractivity contribution in [2.45, 2.75) is 26.9 Å². The van der Waals surface area contributed by atoms with Gasteiger partial charge in [-0.15, -0.1) is 0 Å². The van der Waals surface area contributed by atoms with Crippen LogP contribution in [-0.4, -0.2) is 11.1 Å². The van der Waals surface area contributed by atoms with Crippen molar-refractivity contribution in [3.05, 3.63) is 47.2 Å². The Morgan fingerprint density at radius 3 is 2.63 bits per heavy atom. The van der Waals surface area contributed by atoms with Gasteiger partial charge >= 0.3 is 0 Å². The van der Waals surface area contributed by atoms with Gasteiger partial charge in [0.15, 0.2) is 0 Å². The zero-order valence-electron chi connectivity index (χ0n) is 11.3. The van der Waals surface area contributed by atoms with E-state index >= 15 is 0 Å². The van der Waals surface area contributed by atoms with Gasteiger partial charge in [0, 0.05) is 17.6 Å². The van der Waals surface area contributed by atoms with E-state index in [0.717, 1.165) is 22.7 Å². The van der Waals surface area contributed by atoms with Crippen LogP contribution in [0.15, 0.2) is 36.5 Å². The molecule has 100 valence electrons. The molecular formula is C15H17ClN2O. The first kappa shape index (κ1) is 13.7.